The average Bonchev–Trinajstić information content (AvgIpc) is 2.69. The van der Waals surface area contributed by atoms with Gasteiger partial charge in [-0.3, -0.25) is 24.6 Å². The molecule has 0 atom stereocenters. The van der Waals surface area contributed by atoms with Crippen LogP contribution < -0.4 is 5.32 Å². The lowest BCUT2D eigenvalue weighted by atomic mass is 10.2. The van der Waals surface area contributed by atoms with Crippen LogP contribution in [-0.2, 0) is 16.1 Å². The van der Waals surface area contributed by atoms with Gasteiger partial charge in [0.05, 0.1) is 4.92 Å². The van der Waals surface area contributed by atoms with Gasteiger partial charge in [-0.1, -0.05) is 36.4 Å². The number of carbonyl (C=O) groups is 2. The topological polar surface area (TPSA) is 95.8 Å². The maximum atomic E-state index is 12.3. The van der Waals surface area contributed by atoms with Gasteiger partial charge in [0.1, 0.15) is 0 Å². The van der Waals surface area contributed by atoms with Crippen molar-refractivity contribution >= 4 is 23.2 Å². The Morgan fingerprint density at radius 3 is 2.37 bits per heavy atom. The van der Waals surface area contributed by atoms with Crippen LogP contribution in [-0.4, -0.2) is 52.7 Å². The molecule has 0 unspecified atom stereocenters. The molecule has 1 saturated heterocycles. The van der Waals surface area contributed by atoms with Gasteiger partial charge in [0, 0.05) is 50.5 Å². The van der Waals surface area contributed by atoms with Gasteiger partial charge >= 0.3 is 11.8 Å². The highest BCUT2D eigenvalue weighted by Crippen LogP contribution is 2.17. The summed E-state index contributed by atoms with van der Waals surface area (Å²) in [6, 6.07) is 15.6. The highest BCUT2D eigenvalue weighted by molar-refractivity contribution is 6.39. The Bertz CT molecular complexity index is 833. The van der Waals surface area contributed by atoms with Crippen molar-refractivity contribution in [1.29, 1.82) is 0 Å². The zero-order valence-corrected chi connectivity index (χ0v) is 14.7. The Labute approximate surface area is 156 Å². The van der Waals surface area contributed by atoms with E-state index in [4.69, 9.17) is 0 Å². The van der Waals surface area contributed by atoms with Gasteiger partial charge in [-0.25, -0.2) is 0 Å². The van der Waals surface area contributed by atoms with E-state index < -0.39 is 16.7 Å². The van der Waals surface area contributed by atoms with Crippen molar-refractivity contribution in [2.75, 3.05) is 31.5 Å². The molecular formula is C19H20N4O4. The van der Waals surface area contributed by atoms with Gasteiger partial charge < -0.3 is 10.2 Å². The summed E-state index contributed by atoms with van der Waals surface area (Å²) in [5, 5.41) is 13.2. The predicted molar refractivity (Wildman–Crippen MR) is 100 cm³/mol. The number of rotatable bonds is 4. The molecule has 8 heteroatoms. The Hall–Kier alpha value is -3.26. The third kappa shape index (κ3) is 4.89. The van der Waals surface area contributed by atoms with Gasteiger partial charge in [0.2, 0.25) is 0 Å². The molecule has 0 bridgehead atoms. The van der Waals surface area contributed by atoms with Crippen LogP contribution in [0.4, 0.5) is 11.4 Å². The number of amides is 2. The lowest BCUT2D eigenvalue weighted by molar-refractivity contribution is -0.384. The number of nitrogens with zero attached hydrogens (tertiary/aromatic N) is 3. The molecule has 1 fully saturated rings. The van der Waals surface area contributed by atoms with E-state index in [-0.39, 0.29) is 11.4 Å². The van der Waals surface area contributed by atoms with Crippen LogP contribution in [0.2, 0.25) is 0 Å². The highest BCUT2D eigenvalue weighted by Gasteiger charge is 2.26. The summed E-state index contributed by atoms with van der Waals surface area (Å²) in [4.78, 5) is 38.5. The Kier molecular flexibility index (Phi) is 5.77. The summed E-state index contributed by atoms with van der Waals surface area (Å²) in [5.74, 6) is -1.41. The number of carbonyl (C=O) groups excluding carboxylic acids is 2. The SMILES string of the molecule is O=C(Nc1cccc([N+](=O)[O-])c1)C(=O)N1CCN(Cc2ccccc2)CC1. The van der Waals surface area contributed by atoms with Crippen LogP contribution in [0.1, 0.15) is 5.56 Å². The van der Waals surface area contributed by atoms with E-state index in [1.165, 1.54) is 34.7 Å². The summed E-state index contributed by atoms with van der Waals surface area (Å²) in [5.41, 5.74) is 1.29. The van der Waals surface area contributed by atoms with E-state index >= 15 is 0 Å². The maximum Gasteiger partial charge on any atom is 0.313 e. The van der Waals surface area contributed by atoms with Gasteiger partial charge in [-0.05, 0) is 11.6 Å². The van der Waals surface area contributed by atoms with Crippen LogP contribution >= 0.6 is 0 Å². The minimum absolute atomic E-state index is 0.144. The zero-order valence-electron chi connectivity index (χ0n) is 14.7. The zero-order chi connectivity index (χ0) is 19.2. The van der Waals surface area contributed by atoms with E-state index in [1.807, 2.05) is 18.2 Å². The second-order valence-corrected chi connectivity index (χ2v) is 6.32. The number of nitrogens with one attached hydrogen (secondary N) is 1. The first kappa shape index (κ1) is 18.5. The van der Waals surface area contributed by atoms with Crippen LogP contribution in [0, 0.1) is 10.1 Å². The second-order valence-electron chi connectivity index (χ2n) is 6.32. The molecule has 1 aliphatic rings. The maximum absolute atomic E-state index is 12.3. The molecule has 2 amide bonds. The Morgan fingerprint density at radius 1 is 1.00 bits per heavy atom. The average molecular weight is 368 g/mol. The van der Waals surface area contributed by atoms with Crippen molar-refractivity contribution in [2.24, 2.45) is 0 Å². The van der Waals surface area contributed by atoms with Crippen molar-refractivity contribution in [3.8, 4) is 0 Å². The van der Waals surface area contributed by atoms with Crippen molar-refractivity contribution < 1.29 is 14.5 Å². The second kappa shape index (κ2) is 8.41. The standard InChI is InChI=1S/C19H20N4O4/c24-18(20-16-7-4-8-17(13-16)23(26)27)19(25)22-11-9-21(10-12-22)14-15-5-2-1-3-6-15/h1-8,13H,9-12,14H2,(H,20,24). The molecule has 2 aromatic rings. The van der Waals surface area contributed by atoms with E-state index in [9.17, 15) is 19.7 Å². The van der Waals surface area contributed by atoms with Crippen molar-refractivity contribution in [2.45, 2.75) is 6.54 Å². The number of nitro groups is 1. The van der Waals surface area contributed by atoms with E-state index in [0.29, 0.717) is 26.2 Å². The number of anilines is 1. The molecule has 3 rings (SSSR count). The highest BCUT2D eigenvalue weighted by atomic mass is 16.6. The number of hydrogen-bond acceptors (Lipinski definition) is 5. The normalized spacial score (nSPS) is 14.6. The van der Waals surface area contributed by atoms with Crippen LogP contribution in [0.5, 0.6) is 0 Å². The number of benzene rings is 2. The molecule has 0 radical (unpaired) electrons. The van der Waals surface area contributed by atoms with Gasteiger partial charge in [0.25, 0.3) is 5.69 Å². The van der Waals surface area contributed by atoms with E-state index in [1.54, 1.807) is 0 Å². The summed E-state index contributed by atoms with van der Waals surface area (Å²) in [6.07, 6.45) is 0. The van der Waals surface area contributed by atoms with E-state index in [2.05, 4.69) is 22.3 Å². The first-order valence-corrected chi connectivity index (χ1v) is 8.64. The van der Waals surface area contributed by atoms with Gasteiger partial charge in [-0.15, -0.1) is 0 Å². The van der Waals surface area contributed by atoms with Gasteiger partial charge in [0.15, 0.2) is 0 Å². The number of nitro benzene ring substituents is 1. The van der Waals surface area contributed by atoms with E-state index in [0.717, 1.165) is 6.54 Å². The predicted octanol–water partition coefficient (Wildman–Crippen LogP) is 1.88. The summed E-state index contributed by atoms with van der Waals surface area (Å²) in [7, 11) is 0. The molecule has 1 aliphatic heterocycles. The number of piperazine rings is 1. The number of non-ortho nitro benzene ring substituents is 1. The van der Waals surface area contributed by atoms with Crippen molar-refractivity contribution in [3.63, 3.8) is 0 Å². The summed E-state index contributed by atoms with van der Waals surface area (Å²) < 4.78 is 0. The minimum atomic E-state index is -0.785. The third-order valence-corrected chi connectivity index (χ3v) is 4.42. The van der Waals surface area contributed by atoms with Crippen LogP contribution in [0.15, 0.2) is 54.6 Å². The molecule has 0 saturated carbocycles. The molecule has 0 aromatic heterocycles. The molecule has 0 spiro atoms. The van der Waals surface area contributed by atoms with Crippen molar-refractivity contribution in [3.05, 3.63) is 70.3 Å². The largest absolute Gasteiger partial charge is 0.332 e. The Balaban J connectivity index is 1.52. The molecule has 27 heavy (non-hydrogen) atoms. The lowest BCUT2D eigenvalue weighted by Gasteiger charge is -2.34. The smallest absolute Gasteiger partial charge is 0.313 e. The molecule has 1 heterocycles. The molecule has 140 valence electrons. The fourth-order valence-corrected chi connectivity index (χ4v) is 2.98. The molecule has 0 aliphatic carbocycles. The summed E-state index contributed by atoms with van der Waals surface area (Å²) in [6.45, 7) is 3.11. The number of hydrogen-bond donors (Lipinski definition) is 1. The van der Waals surface area contributed by atoms with Crippen LogP contribution in [0.3, 0.4) is 0 Å². The Morgan fingerprint density at radius 2 is 1.70 bits per heavy atom. The molecular weight excluding hydrogens is 348 g/mol. The fraction of sp³-hybridized carbons (Fsp3) is 0.263. The minimum Gasteiger partial charge on any atom is -0.332 e. The summed E-state index contributed by atoms with van der Waals surface area (Å²) >= 11 is 0. The molecule has 1 N–H and O–H groups in total. The quantitative estimate of drug-likeness (QED) is 0.505. The molecule has 8 nitrogen and oxygen atoms in total. The van der Waals surface area contributed by atoms with Crippen molar-refractivity contribution in [1.82, 2.24) is 9.80 Å². The monoisotopic (exact) mass is 368 g/mol. The third-order valence-electron chi connectivity index (χ3n) is 4.42. The first-order chi connectivity index (χ1) is 13.0. The first-order valence-electron chi connectivity index (χ1n) is 8.64. The fourth-order valence-electron chi connectivity index (χ4n) is 2.98. The molecule has 2 aromatic carbocycles. The van der Waals surface area contributed by atoms with Crippen LogP contribution in [0.25, 0.3) is 0 Å². The van der Waals surface area contributed by atoms with Gasteiger partial charge in [-0.2, -0.15) is 0 Å². The lowest BCUT2D eigenvalue weighted by Crippen LogP contribution is -2.51.